The summed E-state index contributed by atoms with van der Waals surface area (Å²) in [5, 5.41) is 4.14. The topological polar surface area (TPSA) is 66.7 Å². The number of piperidine rings is 1. The standard InChI is InChI=1S/C20H29N3O3/c1-15-11-16(21-26-15)17-7-3-6-10-23(17)19(25)13-22-14-20(12-18(22)24)8-4-2-5-9-20/h11,17H,2-10,12-14H2,1H3/t17-/m1/s1. The van der Waals surface area contributed by atoms with Crippen LogP contribution < -0.4 is 0 Å². The molecule has 1 atom stereocenters. The molecule has 0 radical (unpaired) electrons. The zero-order chi connectivity index (χ0) is 18.1. The van der Waals surface area contributed by atoms with Crippen LogP contribution in [0.4, 0.5) is 0 Å². The zero-order valence-corrected chi connectivity index (χ0v) is 15.7. The van der Waals surface area contributed by atoms with Crippen molar-refractivity contribution in [1.29, 1.82) is 0 Å². The SMILES string of the molecule is Cc1cc([C@H]2CCCCN2C(=O)CN2CC3(CCCCC3)CC2=O)no1. The maximum Gasteiger partial charge on any atom is 0.242 e. The number of aromatic nitrogens is 1. The van der Waals surface area contributed by atoms with E-state index in [1.54, 1.807) is 0 Å². The molecule has 2 amide bonds. The Hall–Kier alpha value is -1.85. The van der Waals surface area contributed by atoms with Gasteiger partial charge < -0.3 is 14.3 Å². The molecule has 1 aromatic rings. The van der Waals surface area contributed by atoms with Crippen molar-refractivity contribution < 1.29 is 14.1 Å². The van der Waals surface area contributed by atoms with Crippen LogP contribution in [-0.2, 0) is 9.59 Å². The lowest BCUT2D eigenvalue weighted by molar-refractivity contribution is -0.141. The van der Waals surface area contributed by atoms with Crippen molar-refractivity contribution in [3.63, 3.8) is 0 Å². The van der Waals surface area contributed by atoms with Crippen LogP contribution in [-0.4, -0.2) is 46.4 Å². The van der Waals surface area contributed by atoms with Crippen molar-refractivity contribution in [2.45, 2.75) is 70.8 Å². The van der Waals surface area contributed by atoms with Gasteiger partial charge in [-0.15, -0.1) is 0 Å². The fourth-order valence-corrected chi connectivity index (χ4v) is 5.10. The number of nitrogens with zero attached hydrogens (tertiary/aromatic N) is 3. The molecule has 1 aromatic heterocycles. The highest BCUT2D eigenvalue weighted by atomic mass is 16.5. The summed E-state index contributed by atoms with van der Waals surface area (Å²) in [5.74, 6) is 0.981. The molecule has 3 heterocycles. The fraction of sp³-hybridized carbons (Fsp3) is 0.750. The van der Waals surface area contributed by atoms with Gasteiger partial charge in [-0.2, -0.15) is 0 Å². The first-order valence-corrected chi connectivity index (χ1v) is 10.1. The minimum atomic E-state index is -0.0185. The smallest absolute Gasteiger partial charge is 0.242 e. The molecular formula is C20H29N3O3. The van der Waals surface area contributed by atoms with E-state index in [-0.39, 0.29) is 29.8 Å². The van der Waals surface area contributed by atoms with Gasteiger partial charge >= 0.3 is 0 Å². The first-order chi connectivity index (χ1) is 12.6. The van der Waals surface area contributed by atoms with E-state index in [9.17, 15) is 9.59 Å². The van der Waals surface area contributed by atoms with Crippen LogP contribution in [0.2, 0.25) is 0 Å². The van der Waals surface area contributed by atoms with E-state index >= 15 is 0 Å². The van der Waals surface area contributed by atoms with E-state index in [0.717, 1.165) is 56.6 Å². The number of carbonyl (C=O) groups is 2. The fourth-order valence-electron chi connectivity index (χ4n) is 5.10. The highest BCUT2D eigenvalue weighted by Crippen LogP contribution is 2.44. The first-order valence-electron chi connectivity index (χ1n) is 10.1. The quantitative estimate of drug-likeness (QED) is 0.831. The van der Waals surface area contributed by atoms with Gasteiger partial charge in [0.05, 0.1) is 12.6 Å². The van der Waals surface area contributed by atoms with E-state index in [1.807, 2.05) is 22.8 Å². The van der Waals surface area contributed by atoms with Crippen LogP contribution in [0.15, 0.2) is 10.6 Å². The van der Waals surface area contributed by atoms with Gasteiger partial charge in [0.15, 0.2) is 0 Å². The number of amides is 2. The van der Waals surface area contributed by atoms with Crippen molar-refractivity contribution in [2.24, 2.45) is 5.41 Å². The average molecular weight is 359 g/mol. The highest BCUT2D eigenvalue weighted by Gasteiger charge is 2.44. The summed E-state index contributed by atoms with van der Waals surface area (Å²) in [6.45, 7) is 3.59. The monoisotopic (exact) mass is 359 g/mol. The predicted octanol–water partition coefficient (Wildman–Crippen LogP) is 3.22. The lowest BCUT2D eigenvalue weighted by atomic mass is 9.73. The van der Waals surface area contributed by atoms with Gasteiger partial charge in [0.1, 0.15) is 11.5 Å². The van der Waals surface area contributed by atoms with Gasteiger partial charge in [0, 0.05) is 25.6 Å². The second kappa shape index (κ2) is 7.05. The van der Waals surface area contributed by atoms with E-state index in [2.05, 4.69) is 5.16 Å². The largest absolute Gasteiger partial charge is 0.361 e. The normalized spacial score (nSPS) is 25.9. The summed E-state index contributed by atoms with van der Waals surface area (Å²) >= 11 is 0. The third kappa shape index (κ3) is 3.38. The van der Waals surface area contributed by atoms with Crippen LogP contribution in [0.1, 0.15) is 75.3 Å². The molecule has 2 saturated heterocycles. The molecule has 1 aliphatic carbocycles. The second-order valence-electron chi connectivity index (χ2n) is 8.45. The molecule has 3 fully saturated rings. The third-order valence-corrected chi connectivity index (χ3v) is 6.46. The third-order valence-electron chi connectivity index (χ3n) is 6.46. The predicted molar refractivity (Wildman–Crippen MR) is 96.3 cm³/mol. The lowest BCUT2D eigenvalue weighted by Crippen LogP contribution is -2.45. The summed E-state index contributed by atoms with van der Waals surface area (Å²) in [4.78, 5) is 29.3. The van der Waals surface area contributed by atoms with Gasteiger partial charge in [0.25, 0.3) is 0 Å². The second-order valence-corrected chi connectivity index (χ2v) is 8.45. The van der Waals surface area contributed by atoms with Crippen LogP contribution in [0.5, 0.6) is 0 Å². The summed E-state index contributed by atoms with van der Waals surface area (Å²) in [6, 6.07) is 1.91. The minimum Gasteiger partial charge on any atom is -0.361 e. The average Bonchev–Trinajstić information content (AvgIpc) is 3.19. The molecule has 0 unspecified atom stereocenters. The number of hydrogen-bond acceptors (Lipinski definition) is 4. The Balaban J connectivity index is 1.44. The van der Waals surface area contributed by atoms with Crippen LogP contribution in [0.3, 0.4) is 0 Å². The molecule has 142 valence electrons. The molecule has 1 spiro atoms. The van der Waals surface area contributed by atoms with Crippen molar-refractivity contribution >= 4 is 11.8 Å². The van der Waals surface area contributed by atoms with E-state index in [4.69, 9.17) is 4.52 Å². The summed E-state index contributed by atoms with van der Waals surface area (Å²) in [5.41, 5.74) is 0.979. The highest BCUT2D eigenvalue weighted by molar-refractivity contribution is 5.86. The number of hydrogen-bond donors (Lipinski definition) is 0. The van der Waals surface area contributed by atoms with Crippen LogP contribution in [0.25, 0.3) is 0 Å². The number of aryl methyl sites for hydroxylation is 1. The molecule has 6 heteroatoms. The molecule has 4 rings (SSSR count). The molecule has 3 aliphatic rings. The summed E-state index contributed by atoms with van der Waals surface area (Å²) in [6.07, 6.45) is 9.62. The summed E-state index contributed by atoms with van der Waals surface area (Å²) in [7, 11) is 0. The zero-order valence-electron chi connectivity index (χ0n) is 15.7. The van der Waals surface area contributed by atoms with E-state index in [1.165, 1.54) is 19.3 Å². The Morgan fingerprint density at radius 1 is 1.27 bits per heavy atom. The Morgan fingerprint density at radius 3 is 2.81 bits per heavy atom. The number of rotatable bonds is 3. The maximum absolute atomic E-state index is 13.0. The van der Waals surface area contributed by atoms with E-state index < -0.39 is 0 Å². The molecule has 1 saturated carbocycles. The molecule has 6 nitrogen and oxygen atoms in total. The van der Waals surface area contributed by atoms with Crippen molar-refractivity contribution in [2.75, 3.05) is 19.6 Å². The van der Waals surface area contributed by atoms with Crippen molar-refractivity contribution in [1.82, 2.24) is 15.0 Å². The minimum absolute atomic E-state index is 0.0185. The molecule has 0 N–H and O–H groups in total. The van der Waals surface area contributed by atoms with Gasteiger partial charge in [-0.25, -0.2) is 0 Å². The molecule has 0 bridgehead atoms. The first kappa shape index (κ1) is 17.6. The lowest BCUT2D eigenvalue weighted by Gasteiger charge is -2.36. The molecule has 26 heavy (non-hydrogen) atoms. The van der Waals surface area contributed by atoms with Crippen molar-refractivity contribution in [3.05, 3.63) is 17.5 Å². The van der Waals surface area contributed by atoms with Gasteiger partial charge in [-0.3, -0.25) is 9.59 Å². The molecule has 0 aromatic carbocycles. The number of likely N-dealkylation sites (tertiary alicyclic amines) is 2. The summed E-state index contributed by atoms with van der Waals surface area (Å²) < 4.78 is 5.22. The van der Waals surface area contributed by atoms with Crippen LogP contribution in [0, 0.1) is 12.3 Å². The molecular weight excluding hydrogens is 330 g/mol. The molecule has 2 aliphatic heterocycles. The van der Waals surface area contributed by atoms with Crippen LogP contribution >= 0.6 is 0 Å². The van der Waals surface area contributed by atoms with Gasteiger partial charge in [-0.05, 0) is 44.4 Å². The van der Waals surface area contributed by atoms with Gasteiger partial charge in [-0.1, -0.05) is 24.4 Å². The van der Waals surface area contributed by atoms with E-state index in [0.29, 0.717) is 6.42 Å². The van der Waals surface area contributed by atoms with Crippen molar-refractivity contribution in [3.8, 4) is 0 Å². The Morgan fingerprint density at radius 2 is 2.08 bits per heavy atom. The Kier molecular flexibility index (Phi) is 4.76. The Labute approximate surface area is 154 Å². The Bertz CT molecular complexity index is 678. The maximum atomic E-state index is 13.0. The van der Waals surface area contributed by atoms with Gasteiger partial charge in [0.2, 0.25) is 11.8 Å². The number of carbonyl (C=O) groups excluding carboxylic acids is 2.